The molecule has 3 aromatic rings. The van der Waals surface area contributed by atoms with Gasteiger partial charge >= 0.3 is 0 Å². The first-order valence-corrected chi connectivity index (χ1v) is 10.2. The van der Waals surface area contributed by atoms with Gasteiger partial charge in [0.1, 0.15) is 11.4 Å². The number of nitrogens with zero attached hydrogens (tertiary/aromatic N) is 2. The third-order valence-electron chi connectivity index (χ3n) is 5.40. The number of nitro groups is 1. The zero-order chi connectivity index (χ0) is 23.7. The summed E-state index contributed by atoms with van der Waals surface area (Å²) in [4.78, 5) is 38.8. The summed E-state index contributed by atoms with van der Waals surface area (Å²) in [5.74, 6) is -0.432. The number of methoxy groups -OCH3 is 1. The van der Waals surface area contributed by atoms with Crippen LogP contribution in [0.1, 0.15) is 16.7 Å². The van der Waals surface area contributed by atoms with Crippen molar-refractivity contribution in [2.75, 3.05) is 17.3 Å². The van der Waals surface area contributed by atoms with E-state index in [0.717, 1.165) is 16.0 Å². The predicted molar refractivity (Wildman–Crippen MR) is 125 cm³/mol. The largest absolute Gasteiger partial charge is 0.497 e. The number of aryl methyl sites for hydroxylation is 2. The van der Waals surface area contributed by atoms with E-state index >= 15 is 0 Å². The van der Waals surface area contributed by atoms with Crippen LogP contribution in [0.2, 0.25) is 0 Å². The highest BCUT2D eigenvalue weighted by molar-refractivity contribution is 6.46. The van der Waals surface area contributed by atoms with Gasteiger partial charge in [0.05, 0.1) is 23.3 Å². The molecule has 1 N–H and O–H groups in total. The molecule has 1 aliphatic rings. The molecule has 8 nitrogen and oxygen atoms in total. The van der Waals surface area contributed by atoms with Gasteiger partial charge in [-0.15, -0.1) is 0 Å². The van der Waals surface area contributed by atoms with Crippen LogP contribution in [0, 0.1) is 24.0 Å². The monoisotopic (exact) mass is 443 g/mol. The van der Waals surface area contributed by atoms with Crippen LogP contribution in [0.5, 0.6) is 5.75 Å². The molecular formula is C25H21N3O5. The first-order valence-electron chi connectivity index (χ1n) is 10.2. The van der Waals surface area contributed by atoms with Crippen molar-refractivity contribution in [1.82, 2.24) is 0 Å². The number of amides is 2. The average molecular weight is 443 g/mol. The van der Waals surface area contributed by atoms with E-state index in [1.54, 1.807) is 30.3 Å². The molecule has 0 aromatic heterocycles. The van der Waals surface area contributed by atoms with Gasteiger partial charge in [-0.25, -0.2) is 4.90 Å². The summed E-state index contributed by atoms with van der Waals surface area (Å²) in [6.07, 6.45) is 0. The quantitative estimate of drug-likeness (QED) is 0.339. The van der Waals surface area contributed by atoms with Crippen LogP contribution in [0.25, 0.3) is 5.57 Å². The lowest BCUT2D eigenvalue weighted by molar-refractivity contribution is -0.384. The van der Waals surface area contributed by atoms with Crippen molar-refractivity contribution in [2.24, 2.45) is 0 Å². The number of anilines is 2. The van der Waals surface area contributed by atoms with Crippen LogP contribution >= 0.6 is 0 Å². The lowest BCUT2D eigenvalue weighted by atomic mass is 10.0. The van der Waals surface area contributed by atoms with Crippen molar-refractivity contribution in [3.05, 3.63) is 99.2 Å². The summed E-state index contributed by atoms with van der Waals surface area (Å²) < 4.78 is 5.25. The number of benzene rings is 3. The van der Waals surface area contributed by atoms with Crippen molar-refractivity contribution in [3.8, 4) is 5.75 Å². The summed E-state index contributed by atoms with van der Waals surface area (Å²) >= 11 is 0. The Hall–Kier alpha value is -4.46. The number of nitrogens with one attached hydrogen (secondary N) is 1. The Labute approximate surface area is 190 Å². The number of rotatable bonds is 6. The Balaban J connectivity index is 1.84. The maximum Gasteiger partial charge on any atom is 0.282 e. The van der Waals surface area contributed by atoms with E-state index in [9.17, 15) is 19.7 Å². The van der Waals surface area contributed by atoms with Crippen molar-refractivity contribution >= 4 is 34.4 Å². The zero-order valence-electron chi connectivity index (χ0n) is 18.3. The lowest BCUT2D eigenvalue weighted by Crippen LogP contribution is -2.33. The normalized spacial score (nSPS) is 13.5. The standard InChI is InChI=1S/C25H21N3O5/c1-15-7-8-16(2)21(13-15)27-24(29)22(17-9-11-19(12-10-17)28(31)32)23(25(27)30)26-18-5-4-6-20(14-18)33-3/h4-14,26H,1-3H3. The molecule has 0 saturated carbocycles. The van der Waals surface area contributed by atoms with Crippen molar-refractivity contribution in [2.45, 2.75) is 13.8 Å². The minimum Gasteiger partial charge on any atom is -0.497 e. The molecule has 1 aliphatic heterocycles. The third-order valence-corrected chi connectivity index (χ3v) is 5.40. The highest BCUT2D eigenvalue weighted by Gasteiger charge is 2.41. The number of imide groups is 1. The number of hydrogen-bond donors (Lipinski definition) is 1. The average Bonchev–Trinajstić information content (AvgIpc) is 3.04. The van der Waals surface area contributed by atoms with Gasteiger partial charge in [-0.05, 0) is 60.9 Å². The summed E-state index contributed by atoms with van der Waals surface area (Å²) in [7, 11) is 1.53. The van der Waals surface area contributed by atoms with Gasteiger partial charge in [0.2, 0.25) is 0 Å². The fourth-order valence-electron chi connectivity index (χ4n) is 3.69. The van der Waals surface area contributed by atoms with Gasteiger partial charge in [-0.2, -0.15) is 0 Å². The summed E-state index contributed by atoms with van der Waals surface area (Å²) in [5, 5.41) is 14.1. The molecule has 2 amide bonds. The van der Waals surface area contributed by atoms with E-state index in [-0.39, 0.29) is 17.0 Å². The minimum atomic E-state index is -0.516. The lowest BCUT2D eigenvalue weighted by Gasteiger charge is -2.18. The molecule has 33 heavy (non-hydrogen) atoms. The van der Waals surface area contributed by atoms with Crippen LogP contribution < -0.4 is 15.0 Å². The molecule has 166 valence electrons. The van der Waals surface area contributed by atoms with Crippen molar-refractivity contribution in [1.29, 1.82) is 0 Å². The Bertz CT molecular complexity index is 1310. The van der Waals surface area contributed by atoms with E-state index in [4.69, 9.17) is 4.74 Å². The highest BCUT2D eigenvalue weighted by Crippen LogP contribution is 2.36. The molecule has 8 heteroatoms. The van der Waals surface area contributed by atoms with Gasteiger partial charge < -0.3 is 10.1 Å². The van der Waals surface area contributed by atoms with Crippen LogP contribution in [0.4, 0.5) is 17.1 Å². The first kappa shape index (κ1) is 21.8. The first-order chi connectivity index (χ1) is 15.8. The van der Waals surface area contributed by atoms with E-state index in [1.165, 1.54) is 31.4 Å². The predicted octanol–water partition coefficient (Wildman–Crippen LogP) is 4.62. The fraction of sp³-hybridized carbons (Fsp3) is 0.120. The van der Waals surface area contributed by atoms with E-state index < -0.39 is 16.7 Å². The molecule has 0 radical (unpaired) electrons. The molecule has 3 aromatic carbocycles. The van der Waals surface area contributed by atoms with E-state index in [0.29, 0.717) is 22.7 Å². The van der Waals surface area contributed by atoms with Gasteiger partial charge in [-0.1, -0.05) is 18.2 Å². The number of nitro benzene ring substituents is 1. The van der Waals surface area contributed by atoms with Crippen molar-refractivity contribution < 1.29 is 19.2 Å². The molecule has 0 atom stereocenters. The molecule has 0 fully saturated rings. The van der Waals surface area contributed by atoms with E-state index in [1.807, 2.05) is 26.0 Å². The van der Waals surface area contributed by atoms with Gasteiger partial charge in [-0.3, -0.25) is 19.7 Å². The SMILES string of the molecule is COc1cccc(NC2=C(c3ccc([N+](=O)[O-])cc3)C(=O)N(c3cc(C)ccc3C)C2=O)c1. The third kappa shape index (κ3) is 4.06. The Morgan fingerprint density at radius 2 is 1.67 bits per heavy atom. The van der Waals surface area contributed by atoms with Gasteiger partial charge in [0.25, 0.3) is 17.5 Å². The van der Waals surface area contributed by atoms with Crippen LogP contribution in [-0.2, 0) is 9.59 Å². The topological polar surface area (TPSA) is 102 Å². The molecule has 1 heterocycles. The van der Waals surface area contributed by atoms with Crippen LogP contribution in [-0.4, -0.2) is 23.8 Å². The highest BCUT2D eigenvalue weighted by atomic mass is 16.6. The number of carbonyl (C=O) groups excluding carboxylic acids is 2. The second-order valence-corrected chi connectivity index (χ2v) is 7.65. The van der Waals surface area contributed by atoms with Crippen LogP contribution in [0.3, 0.4) is 0 Å². The molecule has 0 bridgehead atoms. The maximum atomic E-state index is 13.6. The molecule has 0 aliphatic carbocycles. The van der Waals surface area contributed by atoms with Gasteiger partial charge in [0.15, 0.2) is 0 Å². The van der Waals surface area contributed by atoms with Gasteiger partial charge in [0, 0.05) is 23.9 Å². The summed E-state index contributed by atoms with van der Waals surface area (Å²) in [6, 6.07) is 18.1. The van der Waals surface area contributed by atoms with Crippen LogP contribution in [0.15, 0.2) is 72.4 Å². The number of ether oxygens (including phenoxy) is 1. The molecule has 0 spiro atoms. The molecular weight excluding hydrogens is 422 g/mol. The fourth-order valence-corrected chi connectivity index (χ4v) is 3.69. The molecule has 4 rings (SSSR count). The van der Waals surface area contributed by atoms with Crippen molar-refractivity contribution in [3.63, 3.8) is 0 Å². The second kappa shape index (κ2) is 8.58. The number of hydrogen-bond acceptors (Lipinski definition) is 6. The number of carbonyl (C=O) groups is 2. The Morgan fingerprint density at radius 3 is 2.33 bits per heavy atom. The van der Waals surface area contributed by atoms with E-state index in [2.05, 4.69) is 5.32 Å². The smallest absolute Gasteiger partial charge is 0.282 e. The molecule has 0 unspecified atom stereocenters. The summed E-state index contributed by atoms with van der Waals surface area (Å²) in [5.41, 5.74) is 3.25. The minimum absolute atomic E-state index is 0.0861. The zero-order valence-corrected chi connectivity index (χ0v) is 18.3. The number of non-ortho nitro benzene ring substituents is 1. The Kier molecular flexibility index (Phi) is 5.66. The second-order valence-electron chi connectivity index (χ2n) is 7.65. The maximum absolute atomic E-state index is 13.6. The molecule has 0 saturated heterocycles. The Morgan fingerprint density at radius 1 is 0.939 bits per heavy atom. The summed E-state index contributed by atoms with van der Waals surface area (Å²) in [6.45, 7) is 3.71.